The van der Waals surface area contributed by atoms with Gasteiger partial charge in [0, 0.05) is 32.0 Å². The summed E-state index contributed by atoms with van der Waals surface area (Å²) >= 11 is 5.90. The van der Waals surface area contributed by atoms with Gasteiger partial charge in [-0.25, -0.2) is 8.78 Å². The highest BCUT2D eigenvalue weighted by Gasteiger charge is 2.36. The van der Waals surface area contributed by atoms with Gasteiger partial charge in [-0.15, -0.1) is 0 Å². The minimum atomic E-state index is -2.69. The molecule has 0 radical (unpaired) electrons. The van der Waals surface area contributed by atoms with E-state index in [1.165, 1.54) is 24.1 Å². The van der Waals surface area contributed by atoms with Crippen LogP contribution in [0.25, 0.3) is 0 Å². The molecular weight excluding hydrogens is 290 g/mol. The number of nitrogens with zero attached hydrogens (tertiary/aromatic N) is 1. The Morgan fingerprint density at radius 2 is 2.00 bits per heavy atom. The molecule has 0 spiro atoms. The lowest BCUT2D eigenvalue weighted by atomic mass is 10.0. The molecule has 2 rings (SSSR count). The SMILES string of the molecule is COc1cc(N)c(Cl)cc1C(=O)N1CCC(F)(F)CC1. The Morgan fingerprint density at radius 3 is 2.55 bits per heavy atom. The van der Waals surface area contributed by atoms with Crippen LogP contribution in [0.3, 0.4) is 0 Å². The van der Waals surface area contributed by atoms with Gasteiger partial charge in [-0.2, -0.15) is 0 Å². The number of ether oxygens (including phenoxy) is 1. The molecule has 0 unspecified atom stereocenters. The maximum atomic E-state index is 13.1. The van der Waals surface area contributed by atoms with Crippen LogP contribution in [0, 0.1) is 0 Å². The fourth-order valence-corrected chi connectivity index (χ4v) is 2.28. The molecule has 0 bridgehead atoms. The summed E-state index contributed by atoms with van der Waals surface area (Å²) in [6, 6.07) is 2.86. The van der Waals surface area contributed by atoms with Crippen molar-refractivity contribution < 1.29 is 18.3 Å². The third-order valence-electron chi connectivity index (χ3n) is 3.33. The van der Waals surface area contributed by atoms with Crippen LogP contribution in [0.15, 0.2) is 12.1 Å². The Bertz CT molecular complexity index is 527. The summed E-state index contributed by atoms with van der Waals surface area (Å²) in [7, 11) is 1.41. The third kappa shape index (κ3) is 2.95. The maximum absolute atomic E-state index is 13.1. The van der Waals surface area contributed by atoms with Gasteiger partial charge in [0.15, 0.2) is 0 Å². The van der Waals surface area contributed by atoms with Gasteiger partial charge in [0.05, 0.1) is 23.4 Å². The normalized spacial score (nSPS) is 17.9. The van der Waals surface area contributed by atoms with Crippen molar-refractivity contribution in [1.82, 2.24) is 4.90 Å². The van der Waals surface area contributed by atoms with E-state index in [1.54, 1.807) is 0 Å². The minimum Gasteiger partial charge on any atom is -0.496 e. The summed E-state index contributed by atoms with van der Waals surface area (Å²) < 4.78 is 31.3. The first-order chi connectivity index (χ1) is 9.34. The maximum Gasteiger partial charge on any atom is 0.257 e. The monoisotopic (exact) mass is 304 g/mol. The number of alkyl halides is 2. The number of methoxy groups -OCH3 is 1. The fraction of sp³-hybridized carbons (Fsp3) is 0.462. The fourth-order valence-electron chi connectivity index (χ4n) is 2.11. The van der Waals surface area contributed by atoms with Crippen molar-refractivity contribution in [3.8, 4) is 5.75 Å². The number of benzene rings is 1. The van der Waals surface area contributed by atoms with Crippen molar-refractivity contribution in [3.63, 3.8) is 0 Å². The molecule has 1 amide bonds. The van der Waals surface area contributed by atoms with E-state index in [-0.39, 0.29) is 48.2 Å². The molecule has 0 saturated carbocycles. The predicted octanol–water partition coefficient (Wildman–Crippen LogP) is 2.80. The van der Waals surface area contributed by atoms with E-state index >= 15 is 0 Å². The van der Waals surface area contributed by atoms with E-state index in [9.17, 15) is 13.6 Å². The van der Waals surface area contributed by atoms with Crippen molar-refractivity contribution >= 4 is 23.2 Å². The standard InChI is InChI=1S/C13H15ClF2N2O2/c1-20-11-7-10(17)9(14)6-8(11)12(19)18-4-2-13(15,16)3-5-18/h6-7H,2-5,17H2,1H3. The van der Waals surface area contributed by atoms with Crippen molar-refractivity contribution in [1.29, 1.82) is 0 Å². The molecule has 1 aromatic carbocycles. The molecule has 7 heteroatoms. The van der Waals surface area contributed by atoms with Gasteiger partial charge in [0.2, 0.25) is 0 Å². The number of carbonyl (C=O) groups is 1. The first-order valence-corrected chi connectivity index (χ1v) is 6.52. The van der Waals surface area contributed by atoms with Crippen LogP contribution >= 0.6 is 11.6 Å². The average molecular weight is 305 g/mol. The minimum absolute atomic E-state index is 0.0109. The second kappa shape index (κ2) is 5.44. The molecule has 0 aromatic heterocycles. The van der Waals surface area contributed by atoms with Crippen LogP contribution in [0.4, 0.5) is 14.5 Å². The quantitative estimate of drug-likeness (QED) is 0.855. The first kappa shape index (κ1) is 14.8. The Labute approximate surface area is 120 Å². The number of hydrogen-bond acceptors (Lipinski definition) is 3. The van der Waals surface area contributed by atoms with Gasteiger partial charge >= 0.3 is 0 Å². The average Bonchev–Trinajstić information content (AvgIpc) is 2.40. The lowest BCUT2D eigenvalue weighted by Crippen LogP contribution is -2.42. The highest BCUT2D eigenvalue weighted by Crippen LogP contribution is 2.32. The Kier molecular flexibility index (Phi) is 4.04. The lowest BCUT2D eigenvalue weighted by Gasteiger charge is -2.32. The first-order valence-electron chi connectivity index (χ1n) is 6.14. The molecule has 110 valence electrons. The highest BCUT2D eigenvalue weighted by molar-refractivity contribution is 6.33. The summed E-state index contributed by atoms with van der Waals surface area (Å²) in [5, 5.41) is 0.233. The number of carbonyl (C=O) groups excluding carboxylic acids is 1. The number of rotatable bonds is 2. The van der Waals surface area contributed by atoms with Crippen molar-refractivity contribution in [3.05, 3.63) is 22.7 Å². The molecule has 1 aliphatic heterocycles. The molecule has 0 aliphatic carbocycles. The largest absolute Gasteiger partial charge is 0.496 e. The van der Waals surface area contributed by atoms with Crippen molar-refractivity contribution in [2.24, 2.45) is 0 Å². The van der Waals surface area contributed by atoms with Gasteiger partial charge in [-0.05, 0) is 6.07 Å². The molecule has 1 aliphatic rings. The van der Waals surface area contributed by atoms with Crippen LogP contribution < -0.4 is 10.5 Å². The van der Waals surface area contributed by atoms with Crippen LogP contribution in [0.5, 0.6) is 5.75 Å². The second-order valence-corrected chi connectivity index (χ2v) is 5.13. The summed E-state index contributed by atoms with van der Waals surface area (Å²) in [6.07, 6.45) is -0.659. The highest BCUT2D eigenvalue weighted by atomic mass is 35.5. The van der Waals surface area contributed by atoms with Gasteiger partial charge in [-0.3, -0.25) is 4.79 Å². The van der Waals surface area contributed by atoms with Gasteiger partial charge in [0.25, 0.3) is 11.8 Å². The van der Waals surface area contributed by atoms with Crippen LogP contribution in [-0.4, -0.2) is 36.9 Å². The van der Waals surface area contributed by atoms with Crippen LogP contribution in [0.2, 0.25) is 5.02 Å². The molecule has 4 nitrogen and oxygen atoms in total. The zero-order chi connectivity index (χ0) is 14.9. The number of amides is 1. The summed E-state index contributed by atoms with van der Waals surface area (Å²) in [5.74, 6) is -2.78. The smallest absolute Gasteiger partial charge is 0.257 e. The molecule has 2 N–H and O–H groups in total. The van der Waals surface area contributed by atoms with E-state index < -0.39 is 5.92 Å². The Balaban J connectivity index is 2.23. The zero-order valence-electron chi connectivity index (χ0n) is 11.0. The number of anilines is 1. The summed E-state index contributed by atoms with van der Waals surface area (Å²) in [5.41, 5.74) is 6.17. The molecule has 0 atom stereocenters. The zero-order valence-corrected chi connectivity index (χ0v) is 11.7. The van der Waals surface area contributed by atoms with E-state index in [4.69, 9.17) is 22.1 Å². The predicted molar refractivity (Wildman–Crippen MR) is 72.5 cm³/mol. The van der Waals surface area contributed by atoms with E-state index in [0.717, 1.165) is 0 Å². The van der Waals surface area contributed by atoms with Gasteiger partial charge in [0.1, 0.15) is 5.75 Å². The number of piperidine rings is 1. The Hall–Kier alpha value is -1.56. The molecular formula is C13H15ClF2N2O2. The van der Waals surface area contributed by atoms with Gasteiger partial charge in [-0.1, -0.05) is 11.6 Å². The lowest BCUT2D eigenvalue weighted by molar-refractivity contribution is -0.0494. The number of nitrogen functional groups attached to an aromatic ring is 1. The van der Waals surface area contributed by atoms with Crippen LogP contribution in [-0.2, 0) is 0 Å². The summed E-state index contributed by atoms with van der Waals surface area (Å²) in [6.45, 7) is 0.0218. The molecule has 1 saturated heterocycles. The van der Waals surface area contributed by atoms with Crippen molar-refractivity contribution in [2.45, 2.75) is 18.8 Å². The number of hydrogen-bond donors (Lipinski definition) is 1. The molecule has 1 heterocycles. The van der Waals surface area contributed by atoms with E-state index in [0.29, 0.717) is 5.69 Å². The molecule has 1 fully saturated rings. The van der Waals surface area contributed by atoms with E-state index in [1.807, 2.05) is 0 Å². The molecule has 20 heavy (non-hydrogen) atoms. The Morgan fingerprint density at radius 1 is 1.40 bits per heavy atom. The topological polar surface area (TPSA) is 55.6 Å². The van der Waals surface area contributed by atoms with E-state index in [2.05, 4.69) is 0 Å². The number of likely N-dealkylation sites (tertiary alicyclic amines) is 1. The number of halogens is 3. The number of nitrogens with two attached hydrogens (primary N) is 1. The van der Waals surface area contributed by atoms with Crippen molar-refractivity contribution in [2.75, 3.05) is 25.9 Å². The third-order valence-corrected chi connectivity index (χ3v) is 3.66. The second-order valence-electron chi connectivity index (χ2n) is 4.72. The summed E-state index contributed by atoms with van der Waals surface area (Å²) in [4.78, 5) is 13.7. The van der Waals surface area contributed by atoms with Crippen LogP contribution in [0.1, 0.15) is 23.2 Å². The molecule has 1 aromatic rings. The van der Waals surface area contributed by atoms with Gasteiger partial charge < -0.3 is 15.4 Å².